The molecule has 184 valence electrons. The minimum absolute atomic E-state index is 0.109. The van der Waals surface area contributed by atoms with Crippen molar-refractivity contribution in [3.8, 4) is 0 Å². The highest BCUT2D eigenvalue weighted by Crippen LogP contribution is 2.25. The molecule has 0 fully saturated rings. The second-order valence-corrected chi connectivity index (χ2v) is 10.1. The van der Waals surface area contributed by atoms with Crippen molar-refractivity contribution in [2.45, 2.75) is 38.6 Å². The van der Waals surface area contributed by atoms with Crippen LogP contribution in [-0.2, 0) is 28.3 Å². The number of rotatable bonds is 11. The molecule has 0 radical (unpaired) electrons. The minimum atomic E-state index is -0.671. The van der Waals surface area contributed by atoms with Gasteiger partial charge in [-0.25, -0.2) is 0 Å². The highest BCUT2D eigenvalue weighted by atomic mass is 35.5. The quantitative estimate of drug-likeness (QED) is 0.317. The summed E-state index contributed by atoms with van der Waals surface area (Å²) in [6.07, 6.45) is 0.409. The first-order valence-electron chi connectivity index (χ1n) is 11.6. The van der Waals surface area contributed by atoms with Crippen molar-refractivity contribution < 1.29 is 9.59 Å². The van der Waals surface area contributed by atoms with Gasteiger partial charge in [-0.2, -0.15) is 0 Å². The van der Waals surface area contributed by atoms with E-state index in [1.54, 1.807) is 28.8 Å². The third-order valence-corrected chi connectivity index (χ3v) is 7.28. The summed E-state index contributed by atoms with van der Waals surface area (Å²) < 4.78 is 0. The molecule has 0 aromatic heterocycles. The predicted molar refractivity (Wildman–Crippen MR) is 147 cm³/mol. The molecule has 0 bridgehead atoms. The fourth-order valence-corrected chi connectivity index (χ4v) is 5.24. The van der Waals surface area contributed by atoms with Gasteiger partial charge in [-0.15, -0.1) is 11.8 Å². The molecule has 0 aliphatic rings. The number of nitrogens with zero attached hydrogens (tertiary/aromatic N) is 1. The van der Waals surface area contributed by atoms with Gasteiger partial charge in [-0.3, -0.25) is 9.59 Å². The zero-order valence-corrected chi connectivity index (χ0v) is 22.3. The number of hydrogen-bond acceptors (Lipinski definition) is 3. The van der Waals surface area contributed by atoms with Crippen molar-refractivity contribution in [3.05, 3.63) is 105 Å². The van der Waals surface area contributed by atoms with Crippen LogP contribution in [0.25, 0.3) is 0 Å². The normalized spacial score (nSPS) is 11.7. The number of thioether (sulfide) groups is 1. The maximum Gasteiger partial charge on any atom is 0.243 e. The average molecular weight is 530 g/mol. The molecular weight excluding hydrogens is 499 g/mol. The van der Waals surface area contributed by atoms with Gasteiger partial charge < -0.3 is 10.2 Å². The van der Waals surface area contributed by atoms with Crippen LogP contribution in [-0.4, -0.2) is 35.1 Å². The molecule has 0 saturated carbocycles. The molecule has 0 spiro atoms. The standard InChI is InChI=1S/C28H30Cl2N2O2S/c1-3-31-28(34)26(15-21-10-5-4-6-11-21)32(17-22-13-14-24(29)16-25(22)30)27(33)19-35-18-23-12-8-7-9-20(23)2/h4-14,16,26H,3,15,17-19H2,1-2H3,(H,31,34). The molecule has 0 heterocycles. The largest absolute Gasteiger partial charge is 0.355 e. The van der Waals surface area contributed by atoms with E-state index in [1.807, 2.05) is 55.5 Å². The number of aryl methyl sites for hydroxylation is 1. The fraction of sp³-hybridized carbons (Fsp3) is 0.286. The Morgan fingerprint density at radius 1 is 0.971 bits per heavy atom. The number of carbonyl (C=O) groups is 2. The maximum atomic E-state index is 13.6. The molecule has 0 saturated heterocycles. The van der Waals surface area contributed by atoms with Crippen LogP contribution in [0.4, 0.5) is 0 Å². The van der Waals surface area contributed by atoms with Crippen LogP contribution in [0.1, 0.15) is 29.2 Å². The van der Waals surface area contributed by atoms with Crippen LogP contribution in [0.15, 0.2) is 72.8 Å². The van der Waals surface area contributed by atoms with Gasteiger partial charge in [0.25, 0.3) is 0 Å². The summed E-state index contributed by atoms with van der Waals surface area (Å²) in [5.41, 5.74) is 4.12. The lowest BCUT2D eigenvalue weighted by molar-refractivity contribution is -0.139. The summed E-state index contributed by atoms with van der Waals surface area (Å²) in [6.45, 7) is 4.64. The molecule has 3 aromatic carbocycles. The van der Waals surface area contributed by atoms with E-state index in [4.69, 9.17) is 23.2 Å². The summed E-state index contributed by atoms with van der Waals surface area (Å²) in [6, 6.07) is 22.4. The Hall–Kier alpha value is -2.47. The van der Waals surface area contributed by atoms with Gasteiger partial charge in [-0.05, 0) is 48.2 Å². The number of likely N-dealkylation sites (N-methyl/N-ethyl adjacent to an activating group) is 1. The predicted octanol–water partition coefficient (Wildman–Crippen LogP) is 6.31. The van der Waals surface area contributed by atoms with Crippen LogP contribution < -0.4 is 5.32 Å². The Bertz CT molecular complexity index is 1140. The molecule has 1 atom stereocenters. The summed E-state index contributed by atoms with van der Waals surface area (Å²) in [5.74, 6) is 0.684. The van der Waals surface area contributed by atoms with E-state index in [0.717, 1.165) is 16.9 Å². The number of amides is 2. The van der Waals surface area contributed by atoms with Crippen LogP contribution in [0.3, 0.4) is 0 Å². The zero-order valence-electron chi connectivity index (χ0n) is 20.0. The summed E-state index contributed by atoms with van der Waals surface area (Å²) >= 11 is 14.1. The second kappa shape index (κ2) is 13.6. The number of carbonyl (C=O) groups excluding carboxylic acids is 2. The van der Waals surface area contributed by atoms with E-state index >= 15 is 0 Å². The molecule has 1 unspecified atom stereocenters. The Labute approximate surface area is 222 Å². The van der Waals surface area contributed by atoms with E-state index in [2.05, 4.69) is 24.4 Å². The van der Waals surface area contributed by atoms with Crippen molar-refractivity contribution >= 4 is 46.8 Å². The van der Waals surface area contributed by atoms with Crippen LogP contribution in [0.5, 0.6) is 0 Å². The topological polar surface area (TPSA) is 49.4 Å². The lowest BCUT2D eigenvalue weighted by atomic mass is 10.0. The molecule has 1 N–H and O–H groups in total. The fourth-order valence-electron chi connectivity index (χ4n) is 3.78. The van der Waals surface area contributed by atoms with Crippen molar-refractivity contribution in [1.82, 2.24) is 10.2 Å². The summed E-state index contributed by atoms with van der Waals surface area (Å²) in [5, 5.41) is 3.90. The second-order valence-electron chi connectivity index (χ2n) is 8.28. The molecule has 4 nitrogen and oxygen atoms in total. The van der Waals surface area contributed by atoms with Crippen molar-refractivity contribution in [2.75, 3.05) is 12.3 Å². The number of benzene rings is 3. The van der Waals surface area contributed by atoms with Gasteiger partial charge >= 0.3 is 0 Å². The first-order valence-corrected chi connectivity index (χ1v) is 13.5. The molecule has 3 aromatic rings. The monoisotopic (exact) mass is 528 g/mol. The van der Waals surface area contributed by atoms with Crippen LogP contribution >= 0.6 is 35.0 Å². The molecule has 2 amide bonds. The number of hydrogen-bond donors (Lipinski definition) is 1. The molecular formula is C28H30Cl2N2O2S. The van der Waals surface area contributed by atoms with Gasteiger partial charge in [0.15, 0.2) is 0 Å². The lowest BCUT2D eigenvalue weighted by Gasteiger charge is -2.31. The van der Waals surface area contributed by atoms with E-state index in [9.17, 15) is 9.59 Å². The maximum absolute atomic E-state index is 13.6. The Balaban J connectivity index is 1.86. The summed E-state index contributed by atoms with van der Waals surface area (Å²) in [4.78, 5) is 28.4. The Kier molecular flexibility index (Phi) is 10.5. The minimum Gasteiger partial charge on any atom is -0.355 e. The first-order chi connectivity index (χ1) is 16.9. The first kappa shape index (κ1) is 27.1. The van der Waals surface area contributed by atoms with Gasteiger partial charge in [0.2, 0.25) is 11.8 Å². The highest BCUT2D eigenvalue weighted by molar-refractivity contribution is 7.99. The van der Waals surface area contributed by atoms with E-state index in [-0.39, 0.29) is 24.1 Å². The van der Waals surface area contributed by atoms with Crippen molar-refractivity contribution in [1.29, 1.82) is 0 Å². The Morgan fingerprint density at radius 3 is 2.37 bits per heavy atom. The molecule has 7 heteroatoms. The SMILES string of the molecule is CCNC(=O)C(Cc1ccccc1)N(Cc1ccc(Cl)cc1Cl)C(=O)CSCc1ccccc1C. The third-order valence-electron chi connectivity index (χ3n) is 5.72. The Morgan fingerprint density at radius 2 is 1.69 bits per heavy atom. The van der Waals surface area contributed by atoms with Crippen molar-refractivity contribution in [2.24, 2.45) is 0 Å². The van der Waals surface area contributed by atoms with Gasteiger partial charge in [0.1, 0.15) is 6.04 Å². The molecule has 0 aliphatic heterocycles. The van der Waals surface area contributed by atoms with Crippen molar-refractivity contribution in [3.63, 3.8) is 0 Å². The van der Waals surface area contributed by atoms with Crippen LogP contribution in [0, 0.1) is 6.92 Å². The van der Waals surface area contributed by atoms with Crippen LogP contribution in [0.2, 0.25) is 10.0 Å². The zero-order chi connectivity index (χ0) is 25.2. The van der Waals surface area contributed by atoms with E-state index in [1.165, 1.54) is 11.1 Å². The third kappa shape index (κ3) is 8.03. The highest BCUT2D eigenvalue weighted by Gasteiger charge is 2.30. The molecule has 3 rings (SSSR count). The molecule has 0 aliphatic carbocycles. The smallest absolute Gasteiger partial charge is 0.243 e. The number of halogens is 2. The summed E-state index contributed by atoms with van der Waals surface area (Å²) in [7, 11) is 0. The lowest BCUT2D eigenvalue weighted by Crippen LogP contribution is -2.51. The van der Waals surface area contributed by atoms with E-state index in [0.29, 0.717) is 23.0 Å². The van der Waals surface area contributed by atoms with E-state index < -0.39 is 6.04 Å². The van der Waals surface area contributed by atoms with Gasteiger partial charge in [0.05, 0.1) is 5.75 Å². The molecule has 35 heavy (non-hydrogen) atoms. The average Bonchev–Trinajstić information content (AvgIpc) is 2.84. The number of nitrogens with one attached hydrogen (secondary N) is 1. The van der Waals surface area contributed by atoms with Gasteiger partial charge in [0, 0.05) is 35.3 Å². The van der Waals surface area contributed by atoms with Gasteiger partial charge in [-0.1, -0.05) is 83.9 Å².